The highest BCUT2D eigenvalue weighted by Crippen LogP contribution is 2.46. The van der Waals surface area contributed by atoms with E-state index in [1.54, 1.807) is 6.08 Å². The third-order valence-corrected chi connectivity index (χ3v) is 3.96. The lowest BCUT2D eigenvalue weighted by atomic mass is 9.62. The van der Waals surface area contributed by atoms with Crippen molar-refractivity contribution in [3.05, 3.63) is 24.3 Å². The van der Waals surface area contributed by atoms with E-state index in [2.05, 4.69) is 27.4 Å². The van der Waals surface area contributed by atoms with Crippen LogP contribution in [0.1, 0.15) is 52.9 Å². The second-order valence-corrected chi connectivity index (χ2v) is 5.17. The summed E-state index contributed by atoms with van der Waals surface area (Å²) in [5, 5.41) is 0. The maximum Gasteiger partial charge on any atom is 0.163 e. The molecule has 0 unspecified atom stereocenters. The molecule has 0 radical (unpaired) electrons. The fourth-order valence-corrected chi connectivity index (χ4v) is 2.76. The standard InChI is InChI=1S/C15H24O/c1-5-7-10-13(16)14-12(3)9-8-11-15(14,4)6-2/h7,10,14H,3,5-6,8-9,11H2,1-2,4H3/t14-,15+/m1/s1. The van der Waals surface area contributed by atoms with Crippen molar-refractivity contribution in [2.45, 2.75) is 52.9 Å². The van der Waals surface area contributed by atoms with Gasteiger partial charge in [0.2, 0.25) is 0 Å². The van der Waals surface area contributed by atoms with E-state index in [9.17, 15) is 4.79 Å². The molecule has 1 rings (SSSR count). The SMILES string of the molecule is C=C1CCC[C@](C)(CC)[C@H]1C(=O)C=CCC. The van der Waals surface area contributed by atoms with Crippen molar-refractivity contribution >= 4 is 5.78 Å². The Morgan fingerprint density at radius 2 is 2.25 bits per heavy atom. The number of carbonyl (C=O) groups excluding carboxylic acids is 1. The van der Waals surface area contributed by atoms with E-state index in [0.29, 0.717) is 0 Å². The van der Waals surface area contributed by atoms with Gasteiger partial charge in [-0.05, 0) is 43.6 Å². The van der Waals surface area contributed by atoms with Gasteiger partial charge in [0.1, 0.15) is 0 Å². The summed E-state index contributed by atoms with van der Waals surface area (Å²) >= 11 is 0. The number of hydrogen-bond donors (Lipinski definition) is 0. The van der Waals surface area contributed by atoms with Gasteiger partial charge >= 0.3 is 0 Å². The average Bonchev–Trinajstić information content (AvgIpc) is 2.26. The zero-order valence-electron chi connectivity index (χ0n) is 10.9. The Balaban J connectivity index is 2.90. The van der Waals surface area contributed by atoms with E-state index in [-0.39, 0.29) is 17.1 Å². The van der Waals surface area contributed by atoms with Gasteiger partial charge in [-0.1, -0.05) is 39.0 Å². The fourth-order valence-electron chi connectivity index (χ4n) is 2.76. The minimum atomic E-state index is 0.0500. The smallest absolute Gasteiger partial charge is 0.163 e. The zero-order valence-corrected chi connectivity index (χ0v) is 10.9. The van der Waals surface area contributed by atoms with E-state index >= 15 is 0 Å². The Labute approximate surface area is 99.6 Å². The van der Waals surface area contributed by atoms with Gasteiger partial charge in [0, 0.05) is 5.92 Å². The van der Waals surface area contributed by atoms with Crippen LogP contribution in [0.25, 0.3) is 0 Å². The van der Waals surface area contributed by atoms with Crippen LogP contribution in [0.2, 0.25) is 0 Å². The molecule has 1 aliphatic rings. The highest BCUT2D eigenvalue weighted by atomic mass is 16.1. The van der Waals surface area contributed by atoms with Crippen LogP contribution in [-0.2, 0) is 4.79 Å². The molecule has 2 atom stereocenters. The first-order chi connectivity index (χ1) is 7.55. The lowest BCUT2D eigenvalue weighted by Gasteiger charge is -2.41. The lowest BCUT2D eigenvalue weighted by molar-refractivity contribution is -0.121. The molecule has 0 N–H and O–H groups in total. The molecule has 0 amide bonds. The number of hydrogen-bond acceptors (Lipinski definition) is 1. The Morgan fingerprint density at radius 3 is 2.81 bits per heavy atom. The van der Waals surface area contributed by atoms with E-state index < -0.39 is 0 Å². The number of carbonyl (C=O) groups is 1. The molecule has 0 saturated heterocycles. The van der Waals surface area contributed by atoms with Crippen LogP contribution in [0, 0.1) is 11.3 Å². The zero-order chi connectivity index (χ0) is 12.2. The predicted molar refractivity (Wildman–Crippen MR) is 69.3 cm³/mol. The van der Waals surface area contributed by atoms with E-state index in [0.717, 1.165) is 31.3 Å². The Hall–Kier alpha value is -0.850. The molecule has 0 heterocycles. The summed E-state index contributed by atoms with van der Waals surface area (Å²) in [5.41, 5.74) is 1.27. The molecule has 0 aromatic rings. The summed E-state index contributed by atoms with van der Waals surface area (Å²) in [6, 6.07) is 0. The summed E-state index contributed by atoms with van der Waals surface area (Å²) in [7, 11) is 0. The largest absolute Gasteiger partial charge is 0.294 e. The quantitative estimate of drug-likeness (QED) is 0.510. The van der Waals surface area contributed by atoms with Gasteiger partial charge in [-0.2, -0.15) is 0 Å². The molecule has 0 aromatic carbocycles. The van der Waals surface area contributed by atoms with Gasteiger partial charge in [0.05, 0.1) is 0 Å². The maximum absolute atomic E-state index is 12.2. The summed E-state index contributed by atoms with van der Waals surface area (Å²) in [4.78, 5) is 12.2. The summed E-state index contributed by atoms with van der Waals surface area (Å²) in [6.45, 7) is 10.6. The van der Waals surface area contributed by atoms with Crippen LogP contribution in [0.5, 0.6) is 0 Å². The fraction of sp³-hybridized carbons (Fsp3) is 0.667. The first kappa shape index (κ1) is 13.2. The monoisotopic (exact) mass is 220 g/mol. The van der Waals surface area contributed by atoms with Gasteiger partial charge in [-0.25, -0.2) is 0 Å². The molecule has 1 fully saturated rings. The molecule has 1 saturated carbocycles. The molecular weight excluding hydrogens is 196 g/mol. The van der Waals surface area contributed by atoms with E-state index in [1.807, 2.05) is 6.08 Å². The van der Waals surface area contributed by atoms with Gasteiger partial charge < -0.3 is 0 Å². The maximum atomic E-state index is 12.2. The van der Waals surface area contributed by atoms with E-state index in [4.69, 9.17) is 0 Å². The minimum absolute atomic E-state index is 0.0500. The molecule has 1 aliphatic carbocycles. The van der Waals surface area contributed by atoms with Crippen molar-refractivity contribution in [1.82, 2.24) is 0 Å². The van der Waals surface area contributed by atoms with Crippen molar-refractivity contribution < 1.29 is 4.79 Å². The van der Waals surface area contributed by atoms with Crippen molar-refractivity contribution in [2.75, 3.05) is 0 Å². The van der Waals surface area contributed by atoms with E-state index in [1.165, 1.54) is 6.42 Å². The Bertz CT molecular complexity index is 301. The normalized spacial score (nSPS) is 30.9. The van der Waals surface area contributed by atoms with Crippen LogP contribution in [-0.4, -0.2) is 5.78 Å². The molecule has 0 bridgehead atoms. The first-order valence-electron chi connectivity index (χ1n) is 6.43. The van der Waals surface area contributed by atoms with Crippen LogP contribution >= 0.6 is 0 Å². The molecule has 0 spiro atoms. The molecule has 0 aliphatic heterocycles. The van der Waals surface area contributed by atoms with Crippen molar-refractivity contribution in [2.24, 2.45) is 11.3 Å². The third-order valence-electron chi connectivity index (χ3n) is 3.96. The van der Waals surface area contributed by atoms with Crippen molar-refractivity contribution in [3.63, 3.8) is 0 Å². The molecule has 0 aromatic heterocycles. The Morgan fingerprint density at radius 1 is 1.56 bits per heavy atom. The number of allylic oxidation sites excluding steroid dienone is 3. The topological polar surface area (TPSA) is 17.1 Å². The molecule has 90 valence electrons. The van der Waals surface area contributed by atoms with Crippen molar-refractivity contribution in [1.29, 1.82) is 0 Å². The van der Waals surface area contributed by atoms with Crippen LogP contribution < -0.4 is 0 Å². The van der Waals surface area contributed by atoms with Gasteiger partial charge in [0.25, 0.3) is 0 Å². The van der Waals surface area contributed by atoms with Gasteiger partial charge in [-0.15, -0.1) is 0 Å². The minimum Gasteiger partial charge on any atom is -0.294 e. The van der Waals surface area contributed by atoms with Gasteiger partial charge in [-0.3, -0.25) is 4.79 Å². The molecular formula is C15H24O. The van der Waals surface area contributed by atoms with Crippen molar-refractivity contribution in [3.8, 4) is 0 Å². The first-order valence-corrected chi connectivity index (χ1v) is 6.43. The predicted octanol–water partition coefficient (Wildman–Crippen LogP) is 4.29. The third kappa shape index (κ3) is 2.63. The van der Waals surface area contributed by atoms with Gasteiger partial charge in [0.15, 0.2) is 5.78 Å². The molecule has 1 nitrogen and oxygen atoms in total. The second-order valence-electron chi connectivity index (χ2n) is 5.17. The number of rotatable bonds is 4. The summed E-state index contributed by atoms with van der Waals surface area (Å²) in [5.74, 6) is 0.310. The van der Waals surface area contributed by atoms with Crippen LogP contribution in [0.3, 0.4) is 0 Å². The average molecular weight is 220 g/mol. The molecule has 1 heteroatoms. The molecule has 16 heavy (non-hydrogen) atoms. The van der Waals surface area contributed by atoms with Crippen LogP contribution in [0.4, 0.5) is 0 Å². The summed E-state index contributed by atoms with van der Waals surface area (Å²) in [6.07, 6.45) is 9.06. The Kier molecular flexibility index (Phi) is 4.52. The highest BCUT2D eigenvalue weighted by Gasteiger charge is 2.40. The second kappa shape index (κ2) is 5.47. The number of ketones is 1. The lowest BCUT2D eigenvalue weighted by Crippen LogP contribution is -2.36. The summed E-state index contributed by atoms with van der Waals surface area (Å²) < 4.78 is 0. The highest BCUT2D eigenvalue weighted by molar-refractivity contribution is 5.94. The van der Waals surface area contributed by atoms with Crippen LogP contribution in [0.15, 0.2) is 24.3 Å².